The average molecular weight is 538 g/mol. The summed E-state index contributed by atoms with van der Waals surface area (Å²) in [6.07, 6.45) is -0.899. The number of carboxylic acid groups (broad SMARTS) is 1. The summed E-state index contributed by atoms with van der Waals surface area (Å²) in [7, 11) is 1.58. The lowest BCUT2D eigenvalue weighted by molar-refractivity contribution is -0.155. The molecule has 40 heavy (non-hydrogen) atoms. The summed E-state index contributed by atoms with van der Waals surface area (Å²) in [6.45, 7) is 2.44. The molecule has 0 saturated carbocycles. The van der Waals surface area contributed by atoms with E-state index in [-0.39, 0.29) is 13.0 Å². The monoisotopic (exact) mass is 537 g/mol. The minimum absolute atomic E-state index is 0.127. The Balaban J connectivity index is 1.46. The van der Waals surface area contributed by atoms with Gasteiger partial charge in [-0.3, -0.25) is 4.79 Å². The van der Waals surface area contributed by atoms with Gasteiger partial charge in [0.25, 0.3) is 5.91 Å². The highest BCUT2D eigenvalue weighted by Crippen LogP contribution is 2.36. The van der Waals surface area contributed by atoms with Gasteiger partial charge in [0.1, 0.15) is 29.9 Å². The molecule has 2 atom stereocenters. The summed E-state index contributed by atoms with van der Waals surface area (Å²) in [5, 5.41) is 10.3. The Bertz CT molecular complexity index is 1470. The van der Waals surface area contributed by atoms with E-state index in [2.05, 4.69) is 0 Å². The third kappa shape index (κ3) is 5.78. The molecule has 0 aromatic heterocycles. The molecule has 0 spiro atoms. The number of aliphatic carboxylic acids is 1. The second kappa shape index (κ2) is 11.9. The Morgan fingerprint density at radius 2 is 1.55 bits per heavy atom. The van der Waals surface area contributed by atoms with Crippen LogP contribution >= 0.6 is 0 Å². The summed E-state index contributed by atoms with van der Waals surface area (Å²) < 4.78 is 17.7. The molecule has 0 fully saturated rings. The van der Waals surface area contributed by atoms with Crippen LogP contribution in [0.4, 0.5) is 0 Å². The Kier molecular flexibility index (Phi) is 8.01. The number of carbonyl (C=O) groups is 2. The van der Waals surface area contributed by atoms with Crippen LogP contribution in [-0.2, 0) is 29.2 Å². The van der Waals surface area contributed by atoms with Gasteiger partial charge < -0.3 is 24.2 Å². The third-order valence-electron chi connectivity index (χ3n) is 7.10. The fraction of sp³-hybridized carbons (Fsp3) is 0.212. The van der Waals surface area contributed by atoms with Crippen molar-refractivity contribution in [3.05, 3.63) is 125 Å². The van der Waals surface area contributed by atoms with Crippen LogP contribution in [0, 0.1) is 6.92 Å². The smallest absolute Gasteiger partial charge is 0.326 e. The van der Waals surface area contributed by atoms with Gasteiger partial charge in [-0.25, -0.2) is 4.79 Å². The zero-order valence-corrected chi connectivity index (χ0v) is 22.4. The standard InChI is InChI=1S/C33H31NO6/c1-22-13-14-25-20-34(29(33(36)37)19-28(25)30(22)39-21-23-9-5-3-6-10-23)32(35)31(24-11-7-4-8-12-24)40-27-17-15-26(38-2)16-18-27/h3-18,29,31H,19-21H2,1-2H3,(H,36,37)/t29-,31+/m1/s1. The molecule has 0 radical (unpaired) electrons. The van der Waals surface area contributed by atoms with Gasteiger partial charge in [-0.1, -0.05) is 72.8 Å². The third-order valence-corrected chi connectivity index (χ3v) is 7.10. The van der Waals surface area contributed by atoms with Gasteiger partial charge >= 0.3 is 5.97 Å². The van der Waals surface area contributed by atoms with Crippen molar-refractivity contribution in [1.29, 1.82) is 0 Å². The molecule has 0 saturated heterocycles. The summed E-state index contributed by atoms with van der Waals surface area (Å²) in [4.78, 5) is 28.1. The summed E-state index contributed by atoms with van der Waals surface area (Å²) >= 11 is 0. The number of fused-ring (bicyclic) bond motifs is 1. The van der Waals surface area contributed by atoms with Gasteiger partial charge in [0.15, 0.2) is 0 Å². The first-order chi connectivity index (χ1) is 19.4. The number of rotatable bonds is 9. The molecule has 1 aliphatic rings. The molecule has 204 valence electrons. The molecule has 1 N–H and O–H groups in total. The zero-order valence-electron chi connectivity index (χ0n) is 22.4. The SMILES string of the molecule is COc1ccc(O[C@H](C(=O)N2Cc3ccc(C)c(OCc4ccccc4)c3C[C@@H]2C(=O)O)c2ccccc2)cc1. The lowest BCUT2D eigenvalue weighted by Crippen LogP contribution is -2.51. The van der Waals surface area contributed by atoms with Gasteiger partial charge in [0.05, 0.1) is 7.11 Å². The molecule has 1 amide bonds. The van der Waals surface area contributed by atoms with E-state index in [4.69, 9.17) is 14.2 Å². The number of nitrogens with zero attached hydrogens (tertiary/aromatic N) is 1. The highest BCUT2D eigenvalue weighted by molar-refractivity contribution is 5.88. The number of carboxylic acids is 1. The van der Waals surface area contributed by atoms with E-state index in [9.17, 15) is 14.7 Å². The van der Waals surface area contributed by atoms with Crippen molar-refractivity contribution in [1.82, 2.24) is 4.90 Å². The summed E-state index contributed by atoms with van der Waals surface area (Å²) in [6, 6.07) is 28.7. The predicted molar refractivity (Wildman–Crippen MR) is 150 cm³/mol. The van der Waals surface area contributed by atoms with E-state index < -0.39 is 24.0 Å². The molecule has 1 aliphatic heterocycles. The first-order valence-electron chi connectivity index (χ1n) is 13.1. The first kappa shape index (κ1) is 26.8. The molecule has 0 bridgehead atoms. The normalized spacial score (nSPS) is 15.1. The first-order valence-corrected chi connectivity index (χ1v) is 13.1. The topological polar surface area (TPSA) is 85.3 Å². The quantitative estimate of drug-likeness (QED) is 0.293. The summed E-state index contributed by atoms with van der Waals surface area (Å²) in [5.74, 6) is 0.306. The van der Waals surface area contributed by atoms with Gasteiger partial charge in [-0.05, 0) is 47.9 Å². The highest BCUT2D eigenvalue weighted by atomic mass is 16.5. The molecule has 5 rings (SSSR count). The van der Waals surface area contributed by atoms with Crippen LogP contribution in [-0.4, -0.2) is 35.0 Å². The van der Waals surface area contributed by atoms with Crippen molar-refractivity contribution >= 4 is 11.9 Å². The van der Waals surface area contributed by atoms with Crippen LogP contribution in [0.5, 0.6) is 17.2 Å². The second-order valence-electron chi connectivity index (χ2n) is 9.73. The number of ether oxygens (including phenoxy) is 3. The molecule has 1 heterocycles. The number of amides is 1. The Morgan fingerprint density at radius 1 is 0.900 bits per heavy atom. The average Bonchev–Trinajstić information content (AvgIpc) is 2.99. The van der Waals surface area contributed by atoms with Crippen molar-refractivity contribution in [2.75, 3.05) is 7.11 Å². The number of benzene rings is 4. The number of aryl methyl sites for hydroxylation is 1. The van der Waals surface area contributed by atoms with Crippen LogP contribution in [0.1, 0.15) is 33.9 Å². The van der Waals surface area contributed by atoms with Crippen LogP contribution in [0.25, 0.3) is 0 Å². The van der Waals surface area contributed by atoms with Crippen molar-refractivity contribution in [2.45, 2.75) is 38.6 Å². The Labute approximate surface area is 233 Å². The lowest BCUT2D eigenvalue weighted by atomic mass is 9.90. The summed E-state index contributed by atoms with van der Waals surface area (Å²) in [5.41, 5.74) is 4.25. The van der Waals surface area contributed by atoms with E-state index in [1.165, 1.54) is 4.90 Å². The van der Waals surface area contributed by atoms with Crippen LogP contribution in [0.15, 0.2) is 97.1 Å². The molecule has 4 aromatic carbocycles. The fourth-order valence-corrected chi connectivity index (χ4v) is 4.97. The maximum Gasteiger partial charge on any atom is 0.326 e. The van der Waals surface area contributed by atoms with Gasteiger partial charge in [0, 0.05) is 24.1 Å². The van der Waals surface area contributed by atoms with E-state index in [0.29, 0.717) is 29.4 Å². The highest BCUT2D eigenvalue weighted by Gasteiger charge is 2.40. The second-order valence-corrected chi connectivity index (χ2v) is 9.73. The van der Waals surface area contributed by atoms with Crippen LogP contribution in [0.3, 0.4) is 0 Å². The fourth-order valence-electron chi connectivity index (χ4n) is 4.97. The molecular weight excluding hydrogens is 506 g/mol. The van der Waals surface area contributed by atoms with Crippen molar-refractivity contribution < 1.29 is 28.9 Å². The van der Waals surface area contributed by atoms with Crippen LogP contribution < -0.4 is 14.2 Å². The molecule has 7 nitrogen and oxygen atoms in total. The van der Waals surface area contributed by atoms with Crippen molar-refractivity contribution in [3.63, 3.8) is 0 Å². The number of methoxy groups -OCH3 is 1. The maximum absolute atomic E-state index is 14.1. The van der Waals surface area contributed by atoms with Crippen LogP contribution in [0.2, 0.25) is 0 Å². The van der Waals surface area contributed by atoms with E-state index in [1.54, 1.807) is 43.5 Å². The number of hydrogen-bond donors (Lipinski definition) is 1. The Morgan fingerprint density at radius 3 is 2.20 bits per heavy atom. The molecule has 0 aliphatic carbocycles. The lowest BCUT2D eigenvalue weighted by Gasteiger charge is -2.37. The largest absolute Gasteiger partial charge is 0.497 e. The maximum atomic E-state index is 14.1. The van der Waals surface area contributed by atoms with Crippen molar-refractivity contribution in [3.8, 4) is 17.2 Å². The molecule has 4 aromatic rings. The Hall–Kier alpha value is -4.78. The van der Waals surface area contributed by atoms with Gasteiger partial charge in [0.2, 0.25) is 6.10 Å². The number of hydrogen-bond acceptors (Lipinski definition) is 5. The minimum atomic E-state index is -1.08. The molecule has 0 unspecified atom stereocenters. The number of carbonyl (C=O) groups excluding carboxylic acids is 1. The van der Waals surface area contributed by atoms with E-state index in [1.807, 2.05) is 67.6 Å². The minimum Gasteiger partial charge on any atom is -0.497 e. The van der Waals surface area contributed by atoms with Gasteiger partial charge in [-0.2, -0.15) is 0 Å². The predicted octanol–water partition coefficient (Wildman–Crippen LogP) is 5.74. The van der Waals surface area contributed by atoms with E-state index in [0.717, 1.165) is 22.3 Å². The van der Waals surface area contributed by atoms with E-state index >= 15 is 0 Å². The van der Waals surface area contributed by atoms with Crippen molar-refractivity contribution in [2.24, 2.45) is 0 Å². The molecular formula is C33H31NO6. The van der Waals surface area contributed by atoms with Gasteiger partial charge in [-0.15, -0.1) is 0 Å². The molecule has 7 heteroatoms. The zero-order chi connectivity index (χ0) is 28.1.